The van der Waals surface area contributed by atoms with Gasteiger partial charge in [0.25, 0.3) is 15.6 Å². The standard InChI is InChI=1S/C23H22Cl2N6O5S2/c1-30(2)10-9-26-13-3-5-15-17(12-13)28-23(34)31(21(15)32)18-6-4-14(11-16(18)24)27-22(33)29-38(35,36)20-8-7-19(25)37-20/h3-8,11-12,26H,9-10H2,1-2H3,(H,28,34)(H2,27,29,33). The van der Waals surface area contributed by atoms with Gasteiger partial charge in [0.15, 0.2) is 0 Å². The Morgan fingerprint density at radius 1 is 1.05 bits per heavy atom. The van der Waals surface area contributed by atoms with Gasteiger partial charge in [-0.3, -0.25) is 4.79 Å². The van der Waals surface area contributed by atoms with Gasteiger partial charge in [0.1, 0.15) is 4.21 Å². The number of aromatic nitrogens is 2. The highest BCUT2D eigenvalue weighted by molar-refractivity contribution is 7.92. The lowest BCUT2D eigenvalue weighted by Gasteiger charge is -2.13. The van der Waals surface area contributed by atoms with Crippen molar-refractivity contribution in [2.75, 3.05) is 37.8 Å². The van der Waals surface area contributed by atoms with E-state index in [-0.39, 0.29) is 30.3 Å². The zero-order chi connectivity index (χ0) is 27.6. The van der Waals surface area contributed by atoms with Crippen LogP contribution in [0.25, 0.3) is 16.6 Å². The van der Waals surface area contributed by atoms with Crippen LogP contribution in [0.5, 0.6) is 0 Å². The molecule has 0 spiro atoms. The minimum Gasteiger partial charge on any atom is -0.384 e. The number of thiophene rings is 1. The summed E-state index contributed by atoms with van der Waals surface area (Å²) >= 11 is 12.9. The number of sulfonamides is 1. The van der Waals surface area contributed by atoms with Crippen LogP contribution in [-0.4, -0.2) is 56.1 Å². The largest absolute Gasteiger partial charge is 0.384 e. The minimum absolute atomic E-state index is 0.0235. The number of hydrogen-bond donors (Lipinski definition) is 4. The van der Waals surface area contributed by atoms with Gasteiger partial charge in [0, 0.05) is 24.5 Å². The van der Waals surface area contributed by atoms with Gasteiger partial charge in [-0.2, -0.15) is 0 Å². The summed E-state index contributed by atoms with van der Waals surface area (Å²) in [7, 11) is -0.210. The molecule has 0 saturated heterocycles. The Morgan fingerprint density at radius 2 is 1.79 bits per heavy atom. The Labute approximate surface area is 231 Å². The number of carbonyl (C=O) groups excluding carboxylic acids is 1. The van der Waals surface area contributed by atoms with Crippen LogP contribution >= 0.6 is 34.5 Å². The molecule has 0 atom stereocenters. The molecule has 4 rings (SSSR count). The lowest BCUT2D eigenvalue weighted by atomic mass is 10.2. The van der Waals surface area contributed by atoms with E-state index < -0.39 is 27.3 Å². The summed E-state index contributed by atoms with van der Waals surface area (Å²) < 4.78 is 27.5. The summed E-state index contributed by atoms with van der Waals surface area (Å²) in [6, 6.07) is 10.7. The van der Waals surface area contributed by atoms with Gasteiger partial charge < -0.3 is 20.5 Å². The number of urea groups is 1. The van der Waals surface area contributed by atoms with Crippen LogP contribution in [0.3, 0.4) is 0 Å². The van der Waals surface area contributed by atoms with Crippen LogP contribution in [0, 0.1) is 0 Å². The number of carbonyl (C=O) groups is 1. The molecule has 4 N–H and O–H groups in total. The summed E-state index contributed by atoms with van der Waals surface area (Å²) in [6.07, 6.45) is 0. The fraction of sp³-hybridized carbons (Fsp3) is 0.174. The van der Waals surface area contributed by atoms with E-state index in [1.54, 1.807) is 18.2 Å². The molecule has 0 aliphatic rings. The van der Waals surface area contributed by atoms with Crippen LogP contribution in [0.15, 0.2) is 62.3 Å². The number of nitrogens with one attached hydrogen (secondary N) is 4. The minimum atomic E-state index is -4.12. The van der Waals surface area contributed by atoms with Crippen molar-refractivity contribution in [3.63, 3.8) is 0 Å². The van der Waals surface area contributed by atoms with Crippen molar-refractivity contribution in [2.45, 2.75) is 4.21 Å². The molecule has 2 amide bonds. The van der Waals surface area contributed by atoms with E-state index in [0.717, 1.165) is 28.1 Å². The highest BCUT2D eigenvalue weighted by atomic mass is 35.5. The van der Waals surface area contributed by atoms with Crippen molar-refractivity contribution in [3.05, 3.63) is 78.7 Å². The average Bonchev–Trinajstić information content (AvgIpc) is 3.27. The highest BCUT2D eigenvalue weighted by Crippen LogP contribution is 2.26. The highest BCUT2D eigenvalue weighted by Gasteiger charge is 2.20. The van der Waals surface area contributed by atoms with Gasteiger partial charge in [-0.25, -0.2) is 27.3 Å². The number of aromatic amines is 1. The SMILES string of the molecule is CN(C)CCNc1ccc2c(=O)n(-c3ccc(NC(=O)NS(=O)(=O)c4ccc(Cl)s4)cc3Cl)c(=O)[nH]c2c1. The van der Waals surface area contributed by atoms with Gasteiger partial charge in [-0.15, -0.1) is 11.3 Å². The number of likely N-dealkylation sites (N-methyl/N-ethyl adjacent to an activating group) is 1. The van der Waals surface area contributed by atoms with Crippen molar-refractivity contribution >= 4 is 72.9 Å². The van der Waals surface area contributed by atoms with Crippen LogP contribution in [-0.2, 0) is 10.0 Å². The van der Waals surface area contributed by atoms with Crippen molar-refractivity contribution in [1.82, 2.24) is 19.2 Å². The van der Waals surface area contributed by atoms with E-state index in [9.17, 15) is 22.8 Å². The summed E-state index contributed by atoms with van der Waals surface area (Å²) in [5.41, 5.74) is 0.0568. The third-order valence-electron chi connectivity index (χ3n) is 5.27. The van der Waals surface area contributed by atoms with E-state index in [4.69, 9.17) is 23.2 Å². The first-order chi connectivity index (χ1) is 17.9. The average molecular weight is 598 g/mol. The van der Waals surface area contributed by atoms with Gasteiger partial charge in [-0.1, -0.05) is 23.2 Å². The normalized spacial score (nSPS) is 11.6. The fourth-order valence-corrected chi connectivity index (χ4v) is 6.16. The zero-order valence-electron chi connectivity index (χ0n) is 20.0. The molecule has 2 aromatic carbocycles. The molecule has 0 saturated carbocycles. The molecule has 2 heterocycles. The fourth-order valence-electron chi connectivity index (χ4n) is 3.51. The second-order valence-corrected chi connectivity index (χ2v) is 12.4. The van der Waals surface area contributed by atoms with Gasteiger partial charge in [-0.05, 0) is 62.6 Å². The Hall–Kier alpha value is -3.36. The van der Waals surface area contributed by atoms with Gasteiger partial charge in [0.05, 0.1) is 25.9 Å². The molecule has 38 heavy (non-hydrogen) atoms. The molecule has 0 fully saturated rings. The quantitative estimate of drug-likeness (QED) is 0.243. The maximum atomic E-state index is 13.2. The number of benzene rings is 2. The topological polar surface area (TPSA) is 145 Å². The van der Waals surface area contributed by atoms with Crippen molar-refractivity contribution in [2.24, 2.45) is 0 Å². The number of amides is 2. The first-order valence-corrected chi connectivity index (χ1v) is 14.1. The smallest absolute Gasteiger partial charge is 0.333 e. The third kappa shape index (κ3) is 6.19. The molecule has 0 aliphatic heterocycles. The van der Waals surface area contributed by atoms with Crippen molar-refractivity contribution in [3.8, 4) is 5.69 Å². The van der Waals surface area contributed by atoms with E-state index in [2.05, 4.69) is 15.6 Å². The summed E-state index contributed by atoms with van der Waals surface area (Å²) in [6.45, 7) is 1.49. The molecule has 2 aromatic heterocycles. The zero-order valence-corrected chi connectivity index (χ0v) is 23.2. The maximum Gasteiger partial charge on any atom is 0.333 e. The van der Waals surface area contributed by atoms with E-state index in [0.29, 0.717) is 12.1 Å². The first-order valence-electron chi connectivity index (χ1n) is 11.0. The molecule has 0 unspecified atom stereocenters. The molecular formula is C23H22Cl2N6O5S2. The maximum absolute atomic E-state index is 13.2. The summed E-state index contributed by atoms with van der Waals surface area (Å²) in [5.74, 6) is 0. The number of anilines is 2. The summed E-state index contributed by atoms with van der Waals surface area (Å²) in [4.78, 5) is 43.0. The number of halogens is 2. The van der Waals surface area contributed by atoms with Crippen molar-refractivity contribution in [1.29, 1.82) is 0 Å². The number of H-pyrrole nitrogens is 1. The molecule has 200 valence electrons. The number of rotatable bonds is 8. The predicted octanol–water partition coefficient (Wildman–Crippen LogP) is 3.53. The van der Waals surface area contributed by atoms with Crippen molar-refractivity contribution < 1.29 is 13.2 Å². The first kappa shape index (κ1) is 27.7. The Kier molecular flexibility index (Phi) is 8.13. The van der Waals surface area contributed by atoms with Crippen LogP contribution in [0.4, 0.5) is 16.2 Å². The Balaban J connectivity index is 1.56. The third-order valence-corrected chi connectivity index (χ3v) is 8.63. The van der Waals surface area contributed by atoms with Crippen LogP contribution in [0.1, 0.15) is 0 Å². The second-order valence-electron chi connectivity index (χ2n) is 8.35. The van der Waals surface area contributed by atoms with Crippen LogP contribution < -0.4 is 26.6 Å². The lowest BCUT2D eigenvalue weighted by molar-refractivity contribution is 0.256. The lowest BCUT2D eigenvalue weighted by Crippen LogP contribution is -2.34. The van der Waals surface area contributed by atoms with Gasteiger partial charge in [0.2, 0.25) is 0 Å². The Bertz CT molecular complexity index is 1750. The molecule has 0 radical (unpaired) electrons. The van der Waals surface area contributed by atoms with Gasteiger partial charge >= 0.3 is 11.7 Å². The second kappa shape index (κ2) is 11.2. The number of hydrogen-bond acceptors (Lipinski definition) is 8. The molecule has 0 aliphatic carbocycles. The molecule has 4 aromatic rings. The Morgan fingerprint density at radius 3 is 2.45 bits per heavy atom. The molecular weight excluding hydrogens is 575 g/mol. The predicted molar refractivity (Wildman–Crippen MR) is 151 cm³/mol. The molecule has 0 bridgehead atoms. The van der Waals surface area contributed by atoms with E-state index in [1.807, 2.05) is 23.7 Å². The molecule has 11 nitrogen and oxygen atoms in total. The van der Waals surface area contributed by atoms with Crippen LogP contribution in [0.2, 0.25) is 9.36 Å². The monoisotopic (exact) mass is 596 g/mol. The summed E-state index contributed by atoms with van der Waals surface area (Å²) in [5, 5.41) is 5.84. The molecule has 15 heteroatoms. The number of nitrogens with zero attached hydrogens (tertiary/aromatic N) is 2. The van der Waals surface area contributed by atoms with E-state index in [1.165, 1.54) is 30.3 Å². The number of fused-ring (bicyclic) bond motifs is 1. The van der Waals surface area contributed by atoms with E-state index >= 15 is 0 Å².